The number of nitrogens with zero attached hydrogens (tertiary/aromatic N) is 2. The largest absolute Gasteiger partial charge is 0.389 e. The Morgan fingerprint density at radius 2 is 1.62 bits per heavy atom. The van der Waals surface area contributed by atoms with Gasteiger partial charge in [-0.25, -0.2) is 4.68 Å². The Morgan fingerprint density at radius 1 is 1.04 bits per heavy atom. The summed E-state index contributed by atoms with van der Waals surface area (Å²) in [6.45, 7) is 1.64. The quantitative estimate of drug-likeness (QED) is 0.774. The van der Waals surface area contributed by atoms with Gasteiger partial charge in [0.1, 0.15) is 5.69 Å². The lowest BCUT2D eigenvalue weighted by atomic mass is 10.0. The van der Waals surface area contributed by atoms with Crippen LogP contribution in [-0.2, 0) is 7.05 Å². The fourth-order valence-electron chi connectivity index (χ4n) is 2.65. The Morgan fingerprint density at radius 3 is 2.21 bits per heavy atom. The van der Waals surface area contributed by atoms with Crippen LogP contribution in [0.15, 0.2) is 65.5 Å². The zero-order valence-electron chi connectivity index (χ0n) is 13.6. The number of aliphatic hydroxyl groups is 1. The number of hydrogen-bond donors (Lipinski definition) is 2. The van der Waals surface area contributed by atoms with E-state index in [1.54, 1.807) is 14.0 Å². The first-order valence-corrected chi connectivity index (χ1v) is 7.74. The lowest BCUT2D eigenvalue weighted by Gasteiger charge is -2.18. The third-order valence-electron chi connectivity index (χ3n) is 3.79. The Kier molecular flexibility index (Phi) is 4.44. The monoisotopic (exact) mass is 321 g/mol. The smallest absolute Gasteiger partial charge is 0.290 e. The summed E-state index contributed by atoms with van der Waals surface area (Å²) in [6, 6.07) is 18.9. The van der Waals surface area contributed by atoms with E-state index < -0.39 is 6.10 Å². The van der Waals surface area contributed by atoms with Gasteiger partial charge in [0, 0.05) is 23.9 Å². The standard InChI is InChI=1S/C19H19N3O2/c1-13(23)16-17(14-9-5-3-6-10-14)21-22(2)19(24)18(16)20-15-11-7-4-8-12-15/h3-13,20,23H,1-2H3. The van der Waals surface area contributed by atoms with Crippen LogP contribution in [0.4, 0.5) is 11.4 Å². The van der Waals surface area contributed by atoms with E-state index in [1.807, 2.05) is 60.7 Å². The molecule has 0 amide bonds. The van der Waals surface area contributed by atoms with E-state index >= 15 is 0 Å². The SMILES string of the molecule is CC(O)c1c(-c2ccccc2)nn(C)c(=O)c1Nc1ccccc1. The van der Waals surface area contributed by atoms with Crippen molar-refractivity contribution in [3.63, 3.8) is 0 Å². The van der Waals surface area contributed by atoms with Gasteiger partial charge in [0.05, 0.1) is 11.8 Å². The summed E-state index contributed by atoms with van der Waals surface area (Å²) < 4.78 is 1.29. The molecule has 3 rings (SSSR count). The van der Waals surface area contributed by atoms with E-state index in [0.29, 0.717) is 16.9 Å². The Hall–Kier alpha value is -2.92. The number of anilines is 2. The molecule has 3 aromatic rings. The number of para-hydroxylation sites is 1. The molecule has 122 valence electrons. The molecule has 2 aromatic carbocycles. The van der Waals surface area contributed by atoms with Crippen molar-refractivity contribution in [2.45, 2.75) is 13.0 Å². The minimum absolute atomic E-state index is 0.283. The number of aryl methyl sites for hydroxylation is 1. The topological polar surface area (TPSA) is 67.2 Å². The second kappa shape index (κ2) is 6.68. The lowest BCUT2D eigenvalue weighted by Crippen LogP contribution is -2.26. The molecule has 0 aliphatic heterocycles. The van der Waals surface area contributed by atoms with Crippen LogP contribution in [0.3, 0.4) is 0 Å². The van der Waals surface area contributed by atoms with Crippen LogP contribution >= 0.6 is 0 Å². The average Bonchev–Trinajstić information content (AvgIpc) is 2.60. The van der Waals surface area contributed by atoms with Gasteiger partial charge in [0.25, 0.3) is 5.56 Å². The molecule has 1 heterocycles. The van der Waals surface area contributed by atoms with Crippen molar-refractivity contribution >= 4 is 11.4 Å². The molecule has 0 aliphatic rings. The van der Waals surface area contributed by atoms with E-state index in [1.165, 1.54) is 4.68 Å². The lowest BCUT2D eigenvalue weighted by molar-refractivity contribution is 0.199. The van der Waals surface area contributed by atoms with Crippen LogP contribution in [0.1, 0.15) is 18.6 Å². The Labute approximate surface area is 140 Å². The second-order valence-corrected chi connectivity index (χ2v) is 5.60. The summed E-state index contributed by atoms with van der Waals surface area (Å²) in [4.78, 5) is 12.6. The second-order valence-electron chi connectivity index (χ2n) is 5.60. The van der Waals surface area contributed by atoms with Gasteiger partial charge in [-0.1, -0.05) is 48.5 Å². The maximum Gasteiger partial charge on any atom is 0.290 e. The maximum absolute atomic E-state index is 12.6. The maximum atomic E-state index is 12.6. The molecule has 1 aromatic heterocycles. The highest BCUT2D eigenvalue weighted by molar-refractivity contribution is 5.73. The molecule has 0 fully saturated rings. The summed E-state index contributed by atoms with van der Waals surface area (Å²) >= 11 is 0. The zero-order chi connectivity index (χ0) is 17.1. The zero-order valence-corrected chi connectivity index (χ0v) is 13.6. The van der Waals surface area contributed by atoms with Crippen molar-refractivity contribution in [3.8, 4) is 11.3 Å². The van der Waals surface area contributed by atoms with E-state index in [0.717, 1.165) is 11.3 Å². The van der Waals surface area contributed by atoms with Crippen molar-refractivity contribution < 1.29 is 5.11 Å². The molecule has 0 saturated carbocycles. The van der Waals surface area contributed by atoms with Gasteiger partial charge in [-0.2, -0.15) is 5.10 Å². The first kappa shape index (κ1) is 16.0. The molecule has 0 radical (unpaired) electrons. The summed E-state index contributed by atoms with van der Waals surface area (Å²) in [5.41, 5.74) is 2.77. The predicted molar refractivity (Wildman–Crippen MR) is 95.3 cm³/mol. The molecule has 0 bridgehead atoms. The molecule has 5 heteroatoms. The van der Waals surface area contributed by atoms with E-state index in [4.69, 9.17) is 0 Å². The van der Waals surface area contributed by atoms with Crippen molar-refractivity contribution in [3.05, 3.63) is 76.6 Å². The minimum Gasteiger partial charge on any atom is -0.389 e. The van der Waals surface area contributed by atoms with Crippen LogP contribution in [0.2, 0.25) is 0 Å². The predicted octanol–water partition coefficient (Wildman–Crippen LogP) is 3.24. The molecule has 1 unspecified atom stereocenters. The molecule has 0 aliphatic carbocycles. The summed E-state index contributed by atoms with van der Waals surface area (Å²) in [5.74, 6) is 0. The van der Waals surface area contributed by atoms with Crippen molar-refractivity contribution in [2.75, 3.05) is 5.32 Å². The van der Waals surface area contributed by atoms with Gasteiger partial charge in [0.2, 0.25) is 0 Å². The average molecular weight is 321 g/mol. The number of rotatable bonds is 4. The highest BCUT2D eigenvalue weighted by Crippen LogP contribution is 2.31. The number of nitrogens with one attached hydrogen (secondary N) is 1. The fourth-order valence-corrected chi connectivity index (χ4v) is 2.65. The number of aromatic nitrogens is 2. The van der Waals surface area contributed by atoms with E-state index in [2.05, 4.69) is 10.4 Å². The number of aliphatic hydroxyl groups excluding tert-OH is 1. The van der Waals surface area contributed by atoms with Gasteiger partial charge >= 0.3 is 0 Å². The third kappa shape index (κ3) is 3.07. The molecule has 0 saturated heterocycles. The van der Waals surface area contributed by atoms with Crippen LogP contribution in [0.5, 0.6) is 0 Å². The Balaban J connectivity index is 2.23. The van der Waals surface area contributed by atoms with Gasteiger partial charge in [-0.05, 0) is 19.1 Å². The van der Waals surface area contributed by atoms with Gasteiger partial charge in [0.15, 0.2) is 0 Å². The summed E-state index contributed by atoms with van der Waals surface area (Å²) in [7, 11) is 1.61. The normalized spacial score (nSPS) is 12.0. The third-order valence-corrected chi connectivity index (χ3v) is 3.79. The summed E-state index contributed by atoms with van der Waals surface area (Å²) in [5, 5.41) is 17.8. The number of benzene rings is 2. The molecular formula is C19H19N3O2. The van der Waals surface area contributed by atoms with E-state index in [9.17, 15) is 9.90 Å². The minimum atomic E-state index is -0.840. The van der Waals surface area contributed by atoms with Gasteiger partial charge in [-0.15, -0.1) is 0 Å². The van der Waals surface area contributed by atoms with E-state index in [-0.39, 0.29) is 5.56 Å². The molecular weight excluding hydrogens is 302 g/mol. The molecule has 5 nitrogen and oxygen atoms in total. The van der Waals surface area contributed by atoms with Crippen LogP contribution in [0, 0.1) is 0 Å². The van der Waals surface area contributed by atoms with Crippen molar-refractivity contribution in [2.24, 2.45) is 7.05 Å². The van der Waals surface area contributed by atoms with Crippen LogP contribution in [0.25, 0.3) is 11.3 Å². The highest BCUT2D eigenvalue weighted by Gasteiger charge is 2.21. The molecule has 1 atom stereocenters. The number of hydrogen-bond acceptors (Lipinski definition) is 4. The Bertz CT molecular complexity index is 888. The van der Waals surface area contributed by atoms with Gasteiger partial charge < -0.3 is 10.4 Å². The molecule has 2 N–H and O–H groups in total. The van der Waals surface area contributed by atoms with Gasteiger partial charge in [-0.3, -0.25) is 4.79 Å². The fraction of sp³-hybridized carbons (Fsp3) is 0.158. The molecule has 24 heavy (non-hydrogen) atoms. The van der Waals surface area contributed by atoms with Crippen LogP contribution < -0.4 is 10.9 Å². The molecule has 0 spiro atoms. The summed E-state index contributed by atoms with van der Waals surface area (Å²) in [6.07, 6.45) is -0.840. The highest BCUT2D eigenvalue weighted by atomic mass is 16.3. The van der Waals surface area contributed by atoms with Crippen LogP contribution in [-0.4, -0.2) is 14.9 Å². The first-order valence-electron chi connectivity index (χ1n) is 7.74. The van der Waals surface area contributed by atoms with Crippen molar-refractivity contribution in [1.82, 2.24) is 9.78 Å². The first-order chi connectivity index (χ1) is 11.6. The van der Waals surface area contributed by atoms with Crippen molar-refractivity contribution in [1.29, 1.82) is 0 Å².